The number of halogens is 2. The van der Waals surface area contributed by atoms with Crippen molar-refractivity contribution >= 4 is 40.8 Å². The predicted molar refractivity (Wildman–Crippen MR) is 192 cm³/mol. The zero-order valence-corrected chi connectivity index (χ0v) is 28.1. The molecule has 2 bridgehead atoms. The van der Waals surface area contributed by atoms with Gasteiger partial charge in [0.2, 0.25) is 11.8 Å². The Morgan fingerprint density at radius 3 is 2.46 bits per heavy atom. The number of carbonyl (C=O) groups is 1. The average molecular weight is 677 g/mol. The third-order valence-corrected chi connectivity index (χ3v) is 9.65. The Morgan fingerprint density at radius 1 is 0.938 bits per heavy atom. The van der Waals surface area contributed by atoms with Crippen molar-refractivity contribution in [1.82, 2.24) is 14.8 Å². The third-order valence-electron chi connectivity index (χ3n) is 9.00. The van der Waals surface area contributed by atoms with E-state index in [0.29, 0.717) is 53.0 Å². The highest BCUT2D eigenvalue weighted by Crippen LogP contribution is 2.45. The molecule has 6 nitrogen and oxygen atoms in total. The summed E-state index contributed by atoms with van der Waals surface area (Å²) in [5.74, 6) is 1.96. The number of ether oxygens (including phenoxy) is 2. The molecule has 242 valence electrons. The van der Waals surface area contributed by atoms with Crippen LogP contribution in [0.5, 0.6) is 17.4 Å². The first-order chi connectivity index (χ1) is 23.4. The molecule has 1 atom stereocenters. The van der Waals surface area contributed by atoms with Gasteiger partial charge < -0.3 is 14.4 Å². The van der Waals surface area contributed by atoms with Crippen molar-refractivity contribution in [2.75, 3.05) is 32.7 Å². The summed E-state index contributed by atoms with van der Waals surface area (Å²) in [7, 11) is 0. The minimum atomic E-state index is 0.00465. The van der Waals surface area contributed by atoms with E-state index in [1.165, 1.54) is 22.3 Å². The Kier molecular flexibility index (Phi) is 9.48. The largest absolute Gasteiger partial charge is 0.487 e. The average Bonchev–Trinajstić information content (AvgIpc) is 3.12. The number of hydrogen-bond donors (Lipinski definition) is 0. The molecule has 7 rings (SSSR count). The lowest BCUT2D eigenvalue weighted by Crippen LogP contribution is -2.50. The van der Waals surface area contributed by atoms with E-state index in [2.05, 4.69) is 58.4 Å². The summed E-state index contributed by atoms with van der Waals surface area (Å²) in [6, 6.07) is 25.4. The summed E-state index contributed by atoms with van der Waals surface area (Å²) in [5, 5.41) is 1.10. The van der Waals surface area contributed by atoms with E-state index in [1.807, 2.05) is 48.2 Å². The van der Waals surface area contributed by atoms with Crippen LogP contribution in [-0.2, 0) is 11.4 Å². The lowest BCUT2D eigenvalue weighted by atomic mass is 9.70. The molecule has 48 heavy (non-hydrogen) atoms. The van der Waals surface area contributed by atoms with Gasteiger partial charge in [0, 0.05) is 61.4 Å². The maximum Gasteiger partial charge on any atom is 0.246 e. The highest BCUT2D eigenvalue weighted by atomic mass is 35.5. The maximum absolute atomic E-state index is 13.1. The van der Waals surface area contributed by atoms with Gasteiger partial charge in [-0.25, -0.2) is 4.98 Å². The van der Waals surface area contributed by atoms with E-state index in [0.717, 1.165) is 36.3 Å². The van der Waals surface area contributed by atoms with Crippen molar-refractivity contribution in [3.8, 4) is 17.4 Å². The van der Waals surface area contributed by atoms with Crippen molar-refractivity contribution in [2.24, 2.45) is 5.92 Å². The van der Waals surface area contributed by atoms with Gasteiger partial charge in [-0.1, -0.05) is 90.0 Å². The van der Waals surface area contributed by atoms with Crippen LogP contribution < -0.4 is 9.47 Å². The van der Waals surface area contributed by atoms with Gasteiger partial charge >= 0.3 is 0 Å². The number of piperazine rings is 1. The quantitative estimate of drug-likeness (QED) is 0.157. The van der Waals surface area contributed by atoms with Crippen molar-refractivity contribution in [3.05, 3.63) is 153 Å². The van der Waals surface area contributed by atoms with E-state index in [1.54, 1.807) is 30.5 Å². The molecular weight excluding hydrogens is 641 g/mol. The van der Waals surface area contributed by atoms with Crippen LogP contribution in [0.25, 0.3) is 11.6 Å². The molecule has 2 heterocycles. The monoisotopic (exact) mass is 675 g/mol. The second-order valence-corrected chi connectivity index (χ2v) is 13.0. The normalized spacial score (nSPS) is 17.4. The number of aryl methyl sites for hydroxylation is 1. The number of aromatic nitrogens is 1. The Bertz CT molecular complexity index is 1920. The van der Waals surface area contributed by atoms with Gasteiger partial charge in [-0.3, -0.25) is 9.69 Å². The lowest BCUT2D eigenvalue weighted by Gasteiger charge is -2.41. The summed E-state index contributed by atoms with van der Waals surface area (Å²) in [4.78, 5) is 21.9. The first-order valence-corrected chi connectivity index (χ1v) is 16.9. The third kappa shape index (κ3) is 7.12. The van der Waals surface area contributed by atoms with Gasteiger partial charge in [0.15, 0.2) is 5.75 Å². The molecule has 0 saturated carbocycles. The number of rotatable bonds is 10. The molecule has 1 aliphatic heterocycles. The second-order valence-electron chi connectivity index (χ2n) is 12.2. The fourth-order valence-corrected chi connectivity index (χ4v) is 6.82. The Hall–Kier alpha value is -4.62. The number of allylic oxidation sites excluding steroid dienone is 4. The minimum absolute atomic E-state index is 0.00465. The molecular formula is C40H35Cl2N3O3. The summed E-state index contributed by atoms with van der Waals surface area (Å²) < 4.78 is 11.8. The molecule has 0 radical (unpaired) electrons. The fourth-order valence-electron chi connectivity index (χ4n) is 6.31. The number of amides is 1. The number of nitrogens with zero attached hydrogens (tertiary/aromatic N) is 3. The van der Waals surface area contributed by atoms with Crippen LogP contribution >= 0.6 is 23.2 Å². The van der Waals surface area contributed by atoms with Gasteiger partial charge in [-0.05, 0) is 70.7 Å². The molecule has 1 fully saturated rings. The second kappa shape index (κ2) is 14.2. The summed E-state index contributed by atoms with van der Waals surface area (Å²) in [6.07, 6.45) is 11.9. The minimum Gasteiger partial charge on any atom is -0.487 e. The van der Waals surface area contributed by atoms with Crippen LogP contribution in [0.4, 0.5) is 0 Å². The standard InChI is InChI=1S/C40H35Cl2N3O3/c1-27-21-28(22-37(42)40(27)48-38-15-13-32(24-43-38)47-26-31-9-5-6-10-36(31)41)11-16-39(46)45-19-17-44(18-20-45)25-35-30-12-14-33(34(35)23-30)29-7-3-2-4-8-29/h2-16,21-24,35H,17-20,25-26H2,1H3/b16-11+. The lowest BCUT2D eigenvalue weighted by molar-refractivity contribution is -0.127. The summed E-state index contributed by atoms with van der Waals surface area (Å²) in [5.41, 5.74) is 7.98. The first-order valence-electron chi connectivity index (χ1n) is 16.1. The number of benzene rings is 3. The van der Waals surface area contributed by atoms with E-state index in [4.69, 9.17) is 32.7 Å². The zero-order chi connectivity index (χ0) is 33.0. The molecule has 1 aromatic heterocycles. The molecule has 3 aromatic carbocycles. The van der Waals surface area contributed by atoms with Crippen LogP contribution in [0, 0.1) is 12.8 Å². The highest BCUT2D eigenvalue weighted by molar-refractivity contribution is 6.32. The number of fused-ring (bicyclic) bond motifs is 2. The fraction of sp³-hybridized carbons (Fsp3) is 0.200. The Morgan fingerprint density at radius 2 is 1.73 bits per heavy atom. The van der Waals surface area contributed by atoms with Gasteiger partial charge in [0.1, 0.15) is 12.4 Å². The van der Waals surface area contributed by atoms with Crippen molar-refractivity contribution in [1.29, 1.82) is 0 Å². The van der Waals surface area contributed by atoms with Gasteiger partial charge in [-0.15, -0.1) is 0 Å². The van der Waals surface area contributed by atoms with Crippen LogP contribution in [0.1, 0.15) is 22.3 Å². The topological polar surface area (TPSA) is 54.9 Å². The number of carbonyl (C=O) groups excluding carboxylic acids is 1. The van der Waals surface area contributed by atoms with E-state index in [9.17, 15) is 4.79 Å². The predicted octanol–water partition coefficient (Wildman–Crippen LogP) is 8.81. The molecule has 1 unspecified atom stereocenters. The van der Waals surface area contributed by atoms with Crippen LogP contribution in [0.3, 0.4) is 0 Å². The molecule has 0 spiro atoms. The summed E-state index contributed by atoms with van der Waals surface area (Å²) >= 11 is 12.8. The van der Waals surface area contributed by atoms with E-state index < -0.39 is 0 Å². The van der Waals surface area contributed by atoms with Crippen LogP contribution in [0.2, 0.25) is 10.0 Å². The van der Waals surface area contributed by atoms with Crippen molar-refractivity contribution < 1.29 is 14.3 Å². The SMILES string of the molecule is Cc1cc(/C=C/C(=O)N2CCN(CC3c4ccc(-c5ccccc5)c3c4)CC2)cc(Cl)c1Oc1ccc(OCc2ccccc2Cl)cn1. The molecule has 1 amide bonds. The molecule has 0 N–H and O–H groups in total. The zero-order valence-electron chi connectivity index (χ0n) is 26.6. The molecule has 1 saturated heterocycles. The highest BCUT2D eigenvalue weighted by Gasteiger charge is 2.34. The van der Waals surface area contributed by atoms with Gasteiger partial charge in [0.25, 0.3) is 0 Å². The molecule has 2 aliphatic carbocycles. The Labute approximate surface area is 291 Å². The van der Waals surface area contributed by atoms with E-state index >= 15 is 0 Å². The van der Waals surface area contributed by atoms with Crippen LogP contribution in [-0.4, -0.2) is 53.4 Å². The van der Waals surface area contributed by atoms with Crippen LogP contribution in [0.15, 0.2) is 121 Å². The maximum atomic E-state index is 13.1. The number of hydrogen-bond acceptors (Lipinski definition) is 5. The van der Waals surface area contributed by atoms with Gasteiger partial charge in [0.05, 0.1) is 11.2 Å². The first kappa shape index (κ1) is 32.0. The van der Waals surface area contributed by atoms with Crippen molar-refractivity contribution in [2.45, 2.75) is 13.5 Å². The molecule has 8 heteroatoms. The number of pyridine rings is 1. The van der Waals surface area contributed by atoms with Crippen molar-refractivity contribution in [3.63, 3.8) is 0 Å². The van der Waals surface area contributed by atoms with Gasteiger partial charge in [-0.2, -0.15) is 0 Å². The smallest absolute Gasteiger partial charge is 0.246 e. The summed E-state index contributed by atoms with van der Waals surface area (Å²) in [6.45, 7) is 6.38. The Balaban J connectivity index is 0.894. The molecule has 3 aliphatic rings. The van der Waals surface area contributed by atoms with E-state index in [-0.39, 0.29) is 5.91 Å². The molecule has 4 aromatic rings.